The van der Waals surface area contributed by atoms with Crippen molar-refractivity contribution >= 4 is 25.6 Å². The molecule has 0 fully saturated rings. The van der Waals surface area contributed by atoms with E-state index in [2.05, 4.69) is 9.84 Å². The van der Waals surface area contributed by atoms with E-state index in [1.165, 1.54) is 6.07 Å². The summed E-state index contributed by atoms with van der Waals surface area (Å²) in [6.45, 7) is 8.55. The minimum Gasteiger partial charge on any atom is -0.466 e. The van der Waals surface area contributed by atoms with E-state index in [1.54, 1.807) is 34.6 Å². The van der Waals surface area contributed by atoms with Gasteiger partial charge in [-0.25, -0.2) is 9.36 Å². The van der Waals surface area contributed by atoms with E-state index >= 15 is 0 Å². The number of nitrogens with zero attached hydrogens (tertiary/aromatic N) is 1. The number of esters is 1. The van der Waals surface area contributed by atoms with Gasteiger partial charge in [-0.3, -0.25) is 24.7 Å². The Labute approximate surface area is 185 Å². The van der Waals surface area contributed by atoms with Crippen LogP contribution in [0.4, 0.5) is 10.5 Å². The fourth-order valence-electron chi connectivity index (χ4n) is 2.80. The van der Waals surface area contributed by atoms with Gasteiger partial charge in [0, 0.05) is 12.1 Å². The SMILES string of the molecule is CCOC(=O)C(C)C[C@@H](Cc1ccc(OP(=O)(O)O)c([N+](=O)[O-])c1)NC(=O)OC(C)(C)C. The lowest BCUT2D eigenvalue weighted by Gasteiger charge is -2.25. The van der Waals surface area contributed by atoms with E-state index in [9.17, 15) is 24.3 Å². The van der Waals surface area contributed by atoms with Crippen LogP contribution in [0.1, 0.15) is 46.6 Å². The number of nitro benzene ring substituents is 1. The van der Waals surface area contributed by atoms with E-state index in [0.29, 0.717) is 5.56 Å². The molecule has 0 heterocycles. The Balaban J connectivity index is 3.14. The number of amides is 1. The lowest BCUT2D eigenvalue weighted by Crippen LogP contribution is -2.41. The van der Waals surface area contributed by atoms with E-state index in [1.807, 2.05) is 0 Å². The second-order valence-electron chi connectivity index (χ2n) is 8.08. The first-order valence-electron chi connectivity index (χ1n) is 9.80. The van der Waals surface area contributed by atoms with Crippen LogP contribution in [0.15, 0.2) is 18.2 Å². The lowest BCUT2D eigenvalue weighted by atomic mass is 9.96. The molecule has 12 nitrogen and oxygen atoms in total. The standard InChI is InChI=1S/C19H29N2O10P/c1-6-29-17(22)12(2)9-14(20-18(23)30-19(3,4)5)10-13-7-8-16(31-32(26,27)28)15(11-13)21(24)25/h7-8,11-12,14H,6,9-10H2,1-5H3,(H,20,23)(H2,26,27,28)/t12?,14-/m0/s1. The Morgan fingerprint density at radius 1 is 1.28 bits per heavy atom. The third-order valence-electron chi connectivity index (χ3n) is 3.97. The highest BCUT2D eigenvalue weighted by Gasteiger charge is 2.27. The first-order valence-corrected chi connectivity index (χ1v) is 11.3. The maximum atomic E-state index is 12.3. The van der Waals surface area contributed by atoms with E-state index < -0.39 is 53.8 Å². The summed E-state index contributed by atoms with van der Waals surface area (Å²) in [6, 6.07) is 2.87. The van der Waals surface area contributed by atoms with Crippen LogP contribution in [0.3, 0.4) is 0 Å². The molecule has 1 rings (SSSR count). The van der Waals surface area contributed by atoms with Gasteiger partial charge in [-0.2, -0.15) is 0 Å². The molecule has 0 aliphatic rings. The van der Waals surface area contributed by atoms with Crippen LogP contribution >= 0.6 is 7.82 Å². The zero-order chi connectivity index (χ0) is 24.7. The van der Waals surface area contributed by atoms with Crippen molar-refractivity contribution < 1.29 is 42.9 Å². The van der Waals surface area contributed by atoms with Gasteiger partial charge in [-0.15, -0.1) is 0 Å². The molecule has 13 heteroatoms. The van der Waals surface area contributed by atoms with Crippen LogP contribution in [0, 0.1) is 16.0 Å². The van der Waals surface area contributed by atoms with Gasteiger partial charge in [-0.05, 0) is 52.2 Å². The third kappa shape index (κ3) is 10.1. The summed E-state index contributed by atoms with van der Waals surface area (Å²) in [5.41, 5.74) is -1.05. The first-order chi connectivity index (χ1) is 14.6. The van der Waals surface area contributed by atoms with E-state index in [0.717, 1.165) is 12.1 Å². The van der Waals surface area contributed by atoms with E-state index in [-0.39, 0.29) is 19.4 Å². The number of ether oxygens (including phenoxy) is 2. The average Bonchev–Trinajstić information content (AvgIpc) is 2.59. The number of phosphoric acid groups is 1. The van der Waals surface area contributed by atoms with Crippen molar-refractivity contribution in [3.63, 3.8) is 0 Å². The summed E-state index contributed by atoms with van der Waals surface area (Å²) in [6.07, 6.45) is -0.499. The molecule has 32 heavy (non-hydrogen) atoms. The Bertz CT molecular complexity index is 877. The summed E-state index contributed by atoms with van der Waals surface area (Å²) in [5.74, 6) is -1.63. The fraction of sp³-hybridized carbons (Fsp3) is 0.579. The molecule has 180 valence electrons. The van der Waals surface area contributed by atoms with Crippen molar-refractivity contribution in [2.45, 2.75) is 59.1 Å². The van der Waals surface area contributed by atoms with Crippen LogP contribution in [0.2, 0.25) is 0 Å². The molecule has 0 spiro atoms. The molecule has 1 aromatic rings. The molecule has 0 bridgehead atoms. The molecule has 0 aliphatic carbocycles. The molecule has 0 saturated carbocycles. The van der Waals surface area contributed by atoms with Crippen molar-refractivity contribution in [3.05, 3.63) is 33.9 Å². The molecule has 3 N–H and O–H groups in total. The number of carbonyl (C=O) groups excluding carboxylic acids is 2. The normalized spacial score (nSPS) is 13.6. The summed E-state index contributed by atoms with van der Waals surface area (Å²) >= 11 is 0. The number of phosphoric ester groups is 1. The fourth-order valence-corrected chi connectivity index (χ4v) is 3.21. The van der Waals surface area contributed by atoms with Crippen molar-refractivity contribution in [1.29, 1.82) is 0 Å². The van der Waals surface area contributed by atoms with Gasteiger partial charge in [0.25, 0.3) is 0 Å². The van der Waals surface area contributed by atoms with Gasteiger partial charge < -0.3 is 19.3 Å². The maximum Gasteiger partial charge on any atom is 0.525 e. The van der Waals surface area contributed by atoms with Gasteiger partial charge in [0.2, 0.25) is 5.75 Å². The van der Waals surface area contributed by atoms with Crippen LogP contribution in [0.5, 0.6) is 5.75 Å². The minimum absolute atomic E-state index is 0.0695. The van der Waals surface area contributed by atoms with Crippen LogP contribution in [-0.2, 0) is 25.3 Å². The molecule has 1 amide bonds. The van der Waals surface area contributed by atoms with Crippen LogP contribution in [-0.4, -0.2) is 45.0 Å². The summed E-state index contributed by atoms with van der Waals surface area (Å²) < 4.78 is 25.7. The van der Waals surface area contributed by atoms with Crippen molar-refractivity contribution in [2.75, 3.05) is 6.61 Å². The van der Waals surface area contributed by atoms with Gasteiger partial charge in [-0.1, -0.05) is 13.0 Å². The number of carbonyl (C=O) groups is 2. The largest absolute Gasteiger partial charge is 0.525 e. The quantitative estimate of drug-likeness (QED) is 0.197. The third-order valence-corrected chi connectivity index (χ3v) is 4.40. The zero-order valence-corrected chi connectivity index (χ0v) is 19.5. The van der Waals surface area contributed by atoms with Crippen molar-refractivity contribution in [1.82, 2.24) is 5.32 Å². The topological polar surface area (TPSA) is 175 Å². The highest BCUT2D eigenvalue weighted by molar-refractivity contribution is 7.46. The molecule has 2 atom stereocenters. The minimum atomic E-state index is -5.00. The summed E-state index contributed by atoms with van der Waals surface area (Å²) in [7, 11) is -5.00. The number of nitrogens with one attached hydrogen (secondary N) is 1. The Hall–Kier alpha value is -2.69. The first kappa shape index (κ1) is 27.3. The van der Waals surface area contributed by atoms with Crippen LogP contribution in [0.25, 0.3) is 0 Å². The van der Waals surface area contributed by atoms with Crippen molar-refractivity contribution in [3.8, 4) is 5.75 Å². The predicted molar refractivity (Wildman–Crippen MR) is 113 cm³/mol. The number of hydrogen-bond acceptors (Lipinski definition) is 8. The number of rotatable bonds is 10. The molecule has 0 saturated heterocycles. The molecule has 0 radical (unpaired) electrons. The smallest absolute Gasteiger partial charge is 0.466 e. The molecule has 1 unspecified atom stereocenters. The Morgan fingerprint density at radius 2 is 1.91 bits per heavy atom. The Morgan fingerprint density at radius 3 is 2.41 bits per heavy atom. The highest BCUT2D eigenvalue weighted by Crippen LogP contribution is 2.42. The molecule has 0 aliphatic heterocycles. The summed E-state index contributed by atoms with van der Waals surface area (Å²) in [4.78, 5) is 52.7. The second kappa shape index (κ2) is 11.3. The number of benzene rings is 1. The highest BCUT2D eigenvalue weighted by atomic mass is 31.2. The lowest BCUT2D eigenvalue weighted by molar-refractivity contribution is -0.385. The number of hydrogen-bond donors (Lipinski definition) is 3. The van der Waals surface area contributed by atoms with Gasteiger partial charge >= 0.3 is 25.6 Å². The average molecular weight is 476 g/mol. The molecular weight excluding hydrogens is 447 g/mol. The molecule has 1 aromatic carbocycles. The van der Waals surface area contributed by atoms with Gasteiger partial charge in [0.15, 0.2) is 0 Å². The van der Waals surface area contributed by atoms with Gasteiger partial charge in [0.1, 0.15) is 5.60 Å². The number of nitro groups is 1. The molecule has 0 aromatic heterocycles. The van der Waals surface area contributed by atoms with Gasteiger partial charge in [0.05, 0.1) is 17.4 Å². The van der Waals surface area contributed by atoms with E-state index in [4.69, 9.17) is 19.3 Å². The molecular formula is C19H29N2O10P. The van der Waals surface area contributed by atoms with Crippen LogP contribution < -0.4 is 9.84 Å². The predicted octanol–water partition coefficient (Wildman–Crippen LogP) is 3.09. The number of alkyl carbamates (subject to hydrolysis) is 1. The van der Waals surface area contributed by atoms with Crippen molar-refractivity contribution in [2.24, 2.45) is 5.92 Å². The second-order valence-corrected chi connectivity index (χ2v) is 9.24. The Kier molecular flexibility index (Phi) is 9.62. The summed E-state index contributed by atoms with van der Waals surface area (Å²) in [5, 5.41) is 14.0. The zero-order valence-electron chi connectivity index (χ0n) is 18.6. The monoisotopic (exact) mass is 476 g/mol. The maximum absolute atomic E-state index is 12.3.